The van der Waals surface area contributed by atoms with Crippen LogP contribution < -0.4 is 0 Å². The average Bonchev–Trinajstić information content (AvgIpc) is 2.63. The highest BCUT2D eigenvalue weighted by atomic mass is 32.2. The van der Waals surface area contributed by atoms with Crippen LogP contribution >= 0.6 is 11.8 Å². The predicted molar refractivity (Wildman–Crippen MR) is 101 cm³/mol. The van der Waals surface area contributed by atoms with Crippen LogP contribution in [0, 0.1) is 11.8 Å². The van der Waals surface area contributed by atoms with Gasteiger partial charge in [-0.15, -0.1) is 11.8 Å². The van der Waals surface area contributed by atoms with Crippen LogP contribution in [-0.2, 0) is 6.42 Å². The minimum absolute atomic E-state index is 0.694. The largest absolute Gasteiger partial charge is 0.122 e. The van der Waals surface area contributed by atoms with E-state index in [1.54, 1.807) is 0 Å². The number of allylic oxidation sites excluding steroid dienone is 1. The molecule has 1 aliphatic heterocycles. The zero-order valence-electron chi connectivity index (χ0n) is 13.5. The summed E-state index contributed by atoms with van der Waals surface area (Å²) in [6, 6.07) is 22.0. The molecule has 0 N–H and O–H groups in total. The maximum absolute atomic E-state index is 2.58. The summed E-state index contributed by atoms with van der Waals surface area (Å²) in [6.07, 6.45) is 9.41. The Kier molecular flexibility index (Phi) is 4.57. The lowest BCUT2D eigenvalue weighted by atomic mass is 9.76. The predicted octanol–water partition coefficient (Wildman–Crippen LogP) is 6.19. The maximum Gasteiger partial charge on any atom is 0.0128 e. The Bertz CT molecular complexity index is 659. The van der Waals surface area contributed by atoms with Crippen LogP contribution in [0.25, 0.3) is 4.91 Å². The Balaban J connectivity index is 1.65. The number of hydrogen-bond donors (Lipinski definition) is 0. The molecule has 0 saturated heterocycles. The molecule has 2 aliphatic rings. The summed E-state index contributed by atoms with van der Waals surface area (Å²) in [7, 11) is 0. The van der Waals surface area contributed by atoms with Crippen molar-refractivity contribution < 1.29 is 0 Å². The van der Waals surface area contributed by atoms with Gasteiger partial charge in [-0.2, -0.15) is 0 Å². The van der Waals surface area contributed by atoms with Gasteiger partial charge in [0.2, 0.25) is 0 Å². The molecule has 4 rings (SSSR count). The fourth-order valence-corrected chi connectivity index (χ4v) is 5.79. The van der Waals surface area contributed by atoms with Crippen LogP contribution in [0.3, 0.4) is 0 Å². The summed E-state index contributed by atoms with van der Waals surface area (Å²) < 4.78 is 0. The van der Waals surface area contributed by atoms with Crippen molar-refractivity contribution in [2.75, 3.05) is 0 Å². The summed E-state index contributed by atoms with van der Waals surface area (Å²) in [5, 5.41) is 0.817. The molecule has 1 aliphatic carbocycles. The molecule has 0 aromatic heterocycles. The first-order chi connectivity index (χ1) is 11.4. The number of benzene rings is 2. The summed E-state index contributed by atoms with van der Waals surface area (Å²) in [5.41, 5.74) is 2.89. The topological polar surface area (TPSA) is 0 Å². The zero-order chi connectivity index (χ0) is 15.5. The van der Waals surface area contributed by atoms with Gasteiger partial charge in [-0.25, -0.2) is 0 Å². The quantitative estimate of drug-likeness (QED) is 0.649. The molecule has 0 nitrogen and oxygen atoms in total. The summed E-state index contributed by atoms with van der Waals surface area (Å²) in [4.78, 5) is 1.51. The summed E-state index contributed by atoms with van der Waals surface area (Å²) >= 11 is 2.14. The molecule has 3 unspecified atom stereocenters. The minimum atomic E-state index is 0.694. The molecule has 2 aromatic rings. The summed E-state index contributed by atoms with van der Waals surface area (Å²) in [5.74, 6) is 1.56. The van der Waals surface area contributed by atoms with E-state index in [0.29, 0.717) is 5.92 Å². The SMILES string of the molecule is C1=C(c2ccccc2)SC2CCCCC2C1Cc1ccccc1. The van der Waals surface area contributed by atoms with Crippen LogP contribution in [0.1, 0.15) is 36.8 Å². The van der Waals surface area contributed by atoms with Gasteiger partial charge in [0, 0.05) is 10.2 Å². The molecule has 0 radical (unpaired) electrons. The summed E-state index contributed by atoms with van der Waals surface area (Å²) in [6.45, 7) is 0. The lowest BCUT2D eigenvalue weighted by molar-refractivity contribution is 0.293. The van der Waals surface area contributed by atoms with E-state index in [2.05, 4.69) is 78.5 Å². The normalized spacial score (nSPS) is 27.1. The van der Waals surface area contributed by atoms with Crippen LogP contribution in [0.5, 0.6) is 0 Å². The van der Waals surface area contributed by atoms with Crippen molar-refractivity contribution in [1.82, 2.24) is 0 Å². The van der Waals surface area contributed by atoms with Crippen LogP contribution in [0.15, 0.2) is 66.7 Å². The second kappa shape index (κ2) is 6.97. The molecule has 1 heterocycles. The molecule has 0 bridgehead atoms. The second-order valence-corrected chi connectivity index (χ2v) is 8.14. The number of hydrogen-bond acceptors (Lipinski definition) is 1. The van der Waals surface area contributed by atoms with Crippen LogP contribution in [-0.4, -0.2) is 5.25 Å². The van der Waals surface area contributed by atoms with Crippen molar-refractivity contribution in [3.05, 3.63) is 77.9 Å². The van der Waals surface area contributed by atoms with Crippen LogP contribution in [0.4, 0.5) is 0 Å². The third-order valence-corrected chi connectivity index (χ3v) is 6.83. The van der Waals surface area contributed by atoms with Crippen molar-refractivity contribution >= 4 is 16.7 Å². The molecular formula is C22H24S. The van der Waals surface area contributed by atoms with E-state index in [-0.39, 0.29) is 0 Å². The third kappa shape index (κ3) is 3.40. The molecule has 1 saturated carbocycles. The molecular weight excluding hydrogens is 296 g/mol. The van der Waals surface area contributed by atoms with E-state index in [0.717, 1.165) is 11.2 Å². The van der Waals surface area contributed by atoms with Crippen molar-refractivity contribution in [1.29, 1.82) is 0 Å². The maximum atomic E-state index is 2.58. The number of fused-ring (bicyclic) bond motifs is 1. The molecule has 3 atom stereocenters. The van der Waals surface area contributed by atoms with E-state index < -0.39 is 0 Å². The van der Waals surface area contributed by atoms with Gasteiger partial charge in [-0.3, -0.25) is 0 Å². The van der Waals surface area contributed by atoms with Gasteiger partial charge in [-0.05, 0) is 42.2 Å². The van der Waals surface area contributed by atoms with Crippen molar-refractivity contribution in [2.45, 2.75) is 37.4 Å². The third-order valence-electron chi connectivity index (χ3n) is 5.32. The molecule has 1 heteroatoms. The molecule has 0 spiro atoms. The Morgan fingerprint density at radius 3 is 2.30 bits per heavy atom. The van der Waals surface area contributed by atoms with Crippen molar-refractivity contribution in [3.8, 4) is 0 Å². The highest BCUT2D eigenvalue weighted by molar-refractivity contribution is 8.08. The second-order valence-electron chi connectivity index (χ2n) is 6.86. The molecule has 23 heavy (non-hydrogen) atoms. The Morgan fingerprint density at radius 1 is 0.826 bits per heavy atom. The van der Waals surface area contributed by atoms with Gasteiger partial charge in [0.1, 0.15) is 0 Å². The average molecular weight is 321 g/mol. The van der Waals surface area contributed by atoms with Gasteiger partial charge >= 0.3 is 0 Å². The van der Waals surface area contributed by atoms with E-state index >= 15 is 0 Å². The zero-order valence-corrected chi connectivity index (χ0v) is 14.3. The highest BCUT2D eigenvalue weighted by Crippen LogP contribution is 2.49. The van der Waals surface area contributed by atoms with Gasteiger partial charge < -0.3 is 0 Å². The van der Waals surface area contributed by atoms with Gasteiger partial charge in [-0.1, -0.05) is 79.6 Å². The first-order valence-corrected chi connectivity index (χ1v) is 9.76. The Hall–Kier alpha value is -1.47. The van der Waals surface area contributed by atoms with E-state index in [1.807, 2.05) is 0 Å². The highest BCUT2D eigenvalue weighted by Gasteiger charge is 2.35. The fourth-order valence-electron chi connectivity index (χ4n) is 4.15. The van der Waals surface area contributed by atoms with Crippen molar-refractivity contribution in [2.24, 2.45) is 11.8 Å². The van der Waals surface area contributed by atoms with Gasteiger partial charge in [0.15, 0.2) is 0 Å². The van der Waals surface area contributed by atoms with Gasteiger partial charge in [0.05, 0.1) is 0 Å². The molecule has 118 valence electrons. The smallest absolute Gasteiger partial charge is 0.0128 e. The Labute approximate surface area is 144 Å². The van der Waals surface area contributed by atoms with E-state index in [1.165, 1.54) is 48.1 Å². The number of thioether (sulfide) groups is 1. The van der Waals surface area contributed by atoms with Crippen molar-refractivity contribution in [3.63, 3.8) is 0 Å². The monoisotopic (exact) mass is 320 g/mol. The molecule has 2 aromatic carbocycles. The lowest BCUT2D eigenvalue weighted by Crippen LogP contribution is -2.32. The lowest BCUT2D eigenvalue weighted by Gasteiger charge is -2.40. The number of rotatable bonds is 3. The van der Waals surface area contributed by atoms with E-state index in [9.17, 15) is 0 Å². The van der Waals surface area contributed by atoms with Crippen LogP contribution in [0.2, 0.25) is 0 Å². The standard InChI is InChI=1S/C22H24S/c1-3-9-17(10-4-1)15-19-16-22(18-11-5-2-6-12-18)23-21-14-8-7-13-20(19)21/h1-6,9-12,16,19-21H,7-8,13-15H2. The first-order valence-electron chi connectivity index (χ1n) is 8.88. The fraction of sp³-hybridized carbons (Fsp3) is 0.364. The molecule has 0 amide bonds. The molecule has 1 fully saturated rings. The Morgan fingerprint density at radius 2 is 1.52 bits per heavy atom. The van der Waals surface area contributed by atoms with E-state index in [4.69, 9.17) is 0 Å². The van der Waals surface area contributed by atoms with Gasteiger partial charge in [0.25, 0.3) is 0 Å². The first kappa shape index (κ1) is 15.1. The minimum Gasteiger partial charge on any atom is -0.122 e.